The molecule has 0 bridgehead atoms. The topological polar surface area (TPSA) is 63.2 Å². The zero-order valence-electron chi connectivity index (χ0n) is 8.93. The number of benzene rings is 1. The van der Waals surface area contributed by atoms with Crippen LogP contribution in [0.25, 0.3) is 0 Å². The number of hydrogen-bond donors (Lipinski definition) is 1. The molecule has 1 unspecified atom stereocenters. The van der Waals surface area contributed by atoms with Crippen molar-refractivity contribution in [2.24, 2.45) is 0 Å². The highest BCUT2D eigenvalue weighted by molar-refractivity contribution is 7.88. The molecule has 1 aromatic rings. The van der Waals surface area contributed by atoms with Crippen molar-refractivity contribution < 1.29 is 13.2 Å². The van der Waals surface area contributed by atoms with Crippen molar-refractivity contribution in [3.63, 3.8) is 0 Å². The predicted octanol–water partition coefficient (Wildman–Crippen LogP) is 0.733. The first-order chi connectivity index (χ1) is 7.47. The monoisotopic (exact) mass is 239 g/mol. The van der Waals surface area contributed by atoms with Gasteiger partial charge in [-0.15, -0.1) is 0 Å². The number of fused-ring (bicyclic) bond motifs is 1. The molecule has 4 nitrogen and oxygen atoms in total. The van der Waals surface area contributed by atoms with Crippen LogP contribution in [0.5, 0.6) is 0 Å². The summed E-state index contributed by atoms with van der Waals surface area (Å²) < 4.78 is 24.6. The number of nitrogens with one attached hydrogen (secondary N) is 1. The Hall–Kier alpha value is -1.20. The SMILES string of the molecule is CS(=O)(=O)NC1CCc2ccccc2C1=O. The highest BCUT2D eigenvalue weighted by Crippen LogP contribution is 2.21. The van der Waals surface area contributed by atoms with Crippen molar-refractivity contribution in [1.29, 1.82) is 0 Å². The van der Waals surface area contributed by atoms with Crippen molar-refractivity contribution >= 4 is 15.8 Å². The molecule has 1 N–H and O–H groups in total. The van der Waals surface area contributed by atoms with Gasteiger partial charge in [0, 0.05) is 5.56 Å². The van der Waals surface area contributed by atoms with Crippen molar-refractivity contribution in [2.45, 2.75) is 18.9 Å². The van der Waals surface area contributed by atoms with E-state index in [1.807, 2.05) is 12.1 Å². The Bertz CT molecular complexity index is 522. The molecule has 0 aromatic heterocycles. The van der Waals surface area contributed by atoms with Crippen LogP contribution in [-0.2, 0) is 16.4 Å². The molecule has 0 saturated carbocycles. The van der Waals surface area contributed by atoms with Gasteiger partial charge in [-0.2, -0.15) is 0 Å². The van der Waals surface area contributed by atoms with Gasteiger partial charge in [-0.25, -0.2) is 13.1 Å². The van der Waals surface area contributed by atoms with Crippen LogP contribution in [0.2, 0.25) is 0 Å². The summed E-state index contributed by atoms with van der Waals surface area (Å²) in [5.74, 6) is -0.132. The van der Waals surface area contributed by atoms with E-state index in [1.54, 1.807) is 12.1 Å². The van der Waals surface area contributed by atoms with E-state index in [9.17, 15) is 13.2 Å². The standard InChI is InChI=1S/C11H13NO3S/c1-16(14,15)12-10-7-6-8-4-2-3-5-9(8)11(10)13/h2-5,10,12H,6-7H2,1H3. The van der Waals surface area contributed by atoms with Gasteiger partial charge in [-0.3, -0.25) is 4.79 Å². The van der Waals surface area contributed by atoms with Crippen LogP contribution in [0.4, 0.5) is 0 Å². The van der Waals surface area contributed by atoms with Gasteiger partial charge in [0.2, 0.25) is 10.0 Å². The highest BCUT2D eigenvalue weighted by atomic mass is 32.2. The maximum atomic E-state index is 12.0. The predicted molar refractivity (Wildman–Crippen MR) is 60.9 cm³/mol. The maximum Gasteiger partial charge on any atom is 0.209 e. The second kappa shape index (κ2) is 3.99. The summed E-state index contributed by atoms with van der Waals surface area (Å²) >= 11 is 0. The van der Waals surface area contributed by atoms with Crippen LogP contribution in [0.3, 0.4) is 0 Å². The fourth-order valence-corrected chi connectivity index (χ4v) is 2.71. The molecule has 1 aliphatic carbocycles. The third-order valence-electron chi connectivity index (χ3n) is 2.66. The number of carbonyl (C=O) groups is 1. The first-order valence-corrected chi connectivity index (χ1v) is 6.96. The number of hydrogen-bond acceptors (Lipinski definition) is 3. The van der Waals surface area contributed by atoms with E-state index in [-0.39, 0.29) is 5.78 Å². The van der Waals surface area contributed by atoms with Gasteiger partial charge in [-0.1, -0.05) is 24.3 Å². The fourth-order valence-electron chi connectivity index (χ4n) is 1.97. The molecule has 86 valence electrons. The lowest BCUT2D eigenvalue weighted by molar-refractivity contribution is 0.0940. The summed E-state index contributed by atoms with van der Waals surface area (Å²) in [6.45, 7) is 0. The molecule has 16 heavy (non-hydrogen) atoms. The van der Waals surface area contributed by atoms with Gasteiger partial charge < -0.3 is 0 Å². The molecule has 5 heteroatoms. The average molecular weight is 239 g/mol. The first kappa shape index (κ1) is 11.3. The summed E-state index contributed by atoms with van der Waals surface area (Å²) in [6, 6.07) is 6.72. The number of aryl methyl sites for hydroxylation is 1. The molecule has 0 amide bonds. The molecule has 1 aromatic carbocycles. The second-order valence-electron chi connectivity index (χ2n) is 4.00. The van der Waals surface area contributed by atoms with Crippen LogP contribution in [0.15, 0.2) is 24.3 Å². The van der Waals surface area contributed by atoms with Gasteiger partial charge in [-0.05, 0) is 18.4 Å². The molecule has 0 spiro atoms. The Morgan fingerprint density at radius 1 is 1.31 bits per heavy atom. The second-order valence-corrected chi connectivity index (χ2v) is 5.78. The molecule has 0 radical (unpaired) electrons. The molecule has 0 saturated heterocycles. The van der Waals surface area contributed by atoms with E-state index in [0.29, 0.717) is 12.0 Å². The number of Topliss-reactive ketones (excluding diaryl/α,β-unsaturated/α-hetero) is 1. The summed E-state index contributed by atoms with van der Waals surface area (Å²) in [5, 5.41) is 0. The third kappa shape index (κ3) is 2.31. The van der Waals surface area contributed by atoms with E-state index in [2.05, 4.69) is 4.72 Å². The lowest BCUT2D eigenvalue weighted by Gasteiger charge is -2.23. The number of sulfonamides is 1. The van der Waals surface area contributed by atoms with E-state index in [1.165, 1.54) is 0 Å². The minimum atomic E-state index is -3.33. The highest BCUT2D eigenvalue weighted by Gasteiger charge is 2.28. The molecule has 1 aliphatic rings. The summed E-state index contributed by atoms with van der Waals surface area (Å²) in [5.41, 5.74) is 1.63. The summed E-state index contributed by atoms with van der Waals surface area (Å²) in [4.78, 5) is 12.0. The molecular formula is C11H13NO3S. The van der Waals surface area contributed by atoms with Gasteiger partial charge >= 0.3 is 0 Å². The Kier molecular flexibility index (Phi) is 2.82. The lowest BCUT2D eigenvalue weighted by Crippen LogP contribution is -2.42. The minimum Gasteiger partial charge on any atom is -0.292 e. The van der Waals surface area contributed by atoms with Crippen molar-refractivity contribution in [2.75, 3.05) is 6.26 Å². The molecule has 1 atom stereocenters. The Morgan fingerprint density at radius 3 is 2.69 bits per heavy atom. The van der Waals surface area contributed by atoms with Crippen molar-refractivity contribution in [1.82, 2.24) is 4.72 Å². The Labute approximate surface area is 94.7 Å². The van der Waals surface area contributed by atoms with Gasteiger partial charge in [0.1, 0.15) is 0 Å². The van der Waals surface area contributed by atoms with Crippen LogP contribution in [0.1, 0.15) is 22.3 Å². The fraction of sp³-hybridized carbons (Fsp3) is 0.364. The van der Waals surface area contributed by atoms with Gasteiger partial charge in [0.15, 0.2) is 5.78 Å². The molecule has 0 heterocycles. The summed E-state index contributed by atoms with van der Waals surface area (Å²) in [7, 11) is -3.33. The van der Waals surface area contributed by atoms with E-state index in [0.717, 1.165) is 18.2 Å². The molecule has 0 aliphatic heterocycles. The van der Waals surface area contributed by atoms with Gasteiger partial charge in [0.05, 0.1) is 12.3 Å². The first-order valence-electron chi connectivity index (χ1n) is 5.07. The quantitative estimate of drug-likeness (QED) is 0.827. The van der Waals surface area contributed by atoms with Crippen LogP contribution >= 0.6 is 0 Å². The third-order valence-corrected chi connectivity index (χ3v) is 3.37. The molecular weight excluding hydrogens is 226 g/mol. The smallest absolute Gasteiger partial charge is 0.209 e. The molecule has 2 rings (SSSR count). The Morgan fingerprint density at radius 2 is 2.00 bits per heavy atom. The average Bonchev–Trinajstić information content (AvgIpc) is 2.21. The minimum absolute atomic E-state index is 0.132. The normalized spacial score (nSPS) is 20.6. The van der Waals surface area contributed by atoms with Gasteiger partial charge in [0.25, 0.3) is 0 Å². The van der Waals surface area contributed by atoms with Crippen molar-refractivity contribution in [3.8, 4) is 0 Å². The number of rotatable bonds is 2. The van der Waals surface area contributed by atoms with Crippen LogP contribution in [-0.4, -0.2) is 26.5 Å². The van der Waals surface area contributed by atoms with Crippen LogP contribution in [0, 0.1) is 0 Å². The maximum absolute atomic E-state index is 12.0. The van der Waals surface area contributed by atoms with E-state index < -0.39 is 16.1 Å². The number of ketones is 1. The largest absolute Gasteiger partial charge is 0.292 e. The van der Waals surface area contributed by atoms with E-state index in [4.69, 9.17) is 0 Å². The lowest BCUT2D eigenvalue weighted by atomic mass is 9.88. The number of carbonyl (C=O) groups excluding carboxylic acids is 1. The Balaban J connectivity index is 2.28. The van der Waals surface area contributed by atoms with Crippen molar-refractivity contribution in [3.05, 3.63) is 35.4 Å². The molecule has 0 fully saturated rings. The summed E-state index contributed by atoms with van der Waals surface area (Å²) in [6.07, 6.45) is 2.33. The van der Waals surface area contributed by atoms with E-state index >= 15 is 0 Å². The zero-order valence-corrected chi connectivity index (χ0v) is 9.75. The zero-order chi connectivity index (χ0) is 11.8. The van der Waals surface area contributed by atoms with Crippen LogP contribution < -0.4 is 4.72 Å².